The summed E-state index contributed by atoms with van der Waals surface area (Å²) >= 11 is 0. The van der Waals surface area contributed by atoms with Crippen LogP contribution in [0.15, 0.2) is 24.3 Å². The van der Waals surface area contributed by atoms with Crippen LogP contribution in [0, 0.1) is 6.92 Å². The average Bonchev–Trinajstić information content (AvgIpc) is 2.48. The number of aromatic hydroxyl groups is 2. The van der Waals surface area contributed by atoms with E-state index < -0.39 is 0 Å². The van der Waals surface area contributed by atoms with Gasteiger partial charge in [-0.25, -0.2) is 0 Å². The molecule has 1 rings (SSSR count). The molecule has 1 aromatic rings. The van der Waals surface area contributed by atoms with Gasteiger partial charge in [0.25, 0.3) is 0 Å². The van der Waals surface area contributed by atoms with E-state index in [0.29, 0.717) is 17.5 Å². The largest absolute Gasteiger partial charge is 0.504 e. The summed E-state index contributed by atoms with van der Waals surface area (Å²) in [6.45, 7) is 7.49. The third kappa shape index (κ3) is 3.72. The number of phenols is 2. The normalized spacial score (nSPS) is 11.3. The molecular formula is C17H24O4. The van der Waals surface area contributed by atoms with Gasteiger partial charge in [-0.15, -0.1) is 6.58 Å². The van der Waals surface area contributed by atoms with Crippen molar-refractivity contribution < 1.29 is 19.7 Å². The maximum atomic E-state index is 10.3. The number of benzene rings is 1. The van der Waals surface area contributed by atoms with Crippen molar-refractivity contribution in [1.29, 1.82) is 0 Å². The van der Waals surface area contributed by atoms with E-state index in [-0.39, 0.29) is 23.0 Å². The highest BCUT2D eigenvalue weighted by atomic mass is 16.5. The van der Waals surface area contributed by atoms with Gasteiger partial charge in [0.1, 0.15) is 0 Å². The van der Waals surface area contributed by atoms with Crippen molar-refractivity contribution in [1.82, 2.24) is 0 Å². The first-order valence-electron chi connectivity index (χ1n) is 6.89. The molecule has 0 atom stereocenters. The van der Waals surface area contributed by atoms with Crippen LogP contribution in [0.2, 0.25) is 0 Å². The SMILES string of the molecule is C=CCC/C(C)=C/Cc1c(C)c(O)c(OC)c(OC)c1O. The zero-order chi connectivity index (χ0) is 16.0. The Morgan fingerprint density at radius 1 is 1.14 bits per heavy atom. The summed E-state index contributed by atoms with van der Waals surface area (Å²) in [5.41, 5.74) is 2.45. The van der Waals surface area contributed by atoms with Gasteiger partial charge >= 0.3 is 0 Å². The molecule has 21 heavy (non-hydrogen) atoms. The lowest BCUT2D eigenvalue weighted by molar-refractivity contribution is 0.314. The molecule has 0 fully saturated rings. The molecule has 0 saturated heterocycles. The number of rotatable bonds is 7. The van der Waals surface area contributed by atoms with E-state index in [1.54, 1.807) is 6.92 Å². The predicted molar refractivity (Wildman–Crippen MR) is 84.5 cm³/mol. The maximum absolute atomic E-state index is 10.3. The number of allylic oxidation sites excluding steroid dienone is 3. The molecule has 4 heteroatoms. The summed E-state index contributed by atoms with van der Waals surface area (Å²) in [6, 6.07) is 0. The van der Waals surface area contributed by atoms with Crippen LogP contribution in [0.25, 0.3) is 0 Å². The van der Waals surface area contributed by atoms with Gasteiger partial charge in [0, 0.05) is 11.1 Å². The third-order valence-corrected chi connectivity index (χ3v) is 3.54. The second-order valence-electron chi connectivity index (χ2n) is 4.95. The fourth-order valence-electron chi connectivity index (χ4n) is 2.18. The number of hydrogen-bond acceptors (Lipinski definition) is 4. The molecule has 0 aliphatic heterocycles. The van der Waals surface area contributed by atoms with Gasteiger partial charge in [-0.1, -0.05) is 17.7 Å². The zero-order valence-corrected chi connectivity index (χ0v) is 13.2. The molecule has 2 N–H and O–H groups in total. The summed E-state index contributed by atoms with van der Waals surface area (Å²) in [5.74, 6) is 0.327. The predicted octanol–water partition coefficient (Wildman–Crippen LogP) is 3.88. The van der Waals surface area contributed by atoms with Crippen molar-refractivity contribution in [2.75, 3.05) is 14.2 Å². The van der Waals surface area contributed by atoms with E-state index in [2.05, 4.69) is 6.58 Å². The van der Waals surface area contributed by atoms with Crippen molar-refractivity contribution >= 4 is 0 Å². The molecule has 116 valence electrons. The van der Waals surface area contributed by atoms with Gasteiger partial charge in [-0.3, -0.25) is 0 Å². The van der Waals surface area contributed by atoms with E-state index in [4.69, 9.17) is 9.47 Å². The maximum Gasteiger partial charge on any atom is 0.207 e. The first kappa shape index (κ1) is 17.0. The summed E-state index contributed by atoms with van der Waals surface area (Å²) < 4.78 is 10.2. The highest BCUT2D eigenvalue weighted by molar-refractivity contribution is 5.66. The second-order valence-corrected chi connectivity index (χ2v) is 4.95. The average molecular weight is 292 g/mol. The first-order valence-corrected chi connectivity index (χ1v) is 6.89. The van der Waals surface area contributed by atoms with Crippen LogP contribution in [0.1, 0.15) is 30.9 Å². The molecular weight excluding hydrogens is 268 g/mol. The van der Waals surface area contributed by atoms with Crippen LogP contribution in [0.3, 0.4) is 0 Å². The van der Waals surface area contributed by atoms with Crippen molar-refractivity contribution in [2.45, 2.75) is 33.1 Å². The Morgan fingerprint density at radius 2 is 1.71 bits per heavy atom. The monoisotopic (exact) mass is 292 g/mol. The summed E-state index contributed by atoms with van der Waals surface area (Å²) in [7, 11) is 2.86. The number of hydrogen-bond donors (Lipinski definition) is 2. The van der Waals surface area contributed by atoms with E-state index in [0.717, 1.165) is 12.8 Å². The van der Waals surface area contributed by atoms with Gasteiger partial charge in [0.2, 0.25) is 11.5 Å². The molecule has 4 nitrogen and oxygen atoms in total. The van der Waals surface area contributed by atoms with Crippen LogP contribution in [-0.4, -0.2) is 24.4 Å². The van der Waals surface area contributed by atoms with Gasteiger partial charge in [-0.05, 0) is 33.1 Å². The number of methoxy groups -OCH3 is 2. The Hall–Kier alpha value is -2.10. The second kappa shape index (κ2) is 7.62. The minimum Gasteiger partial charge on any atom is -0.504 e. The molecule has 0 saturated carbocycles. The van der Waals surface area contributed by atoms with Gasteiger partial charge < -0.3 is 19.7 Å². The molecule has 0 radical (unpaired) electrons. The molecule has 0 unspecified atom stereocenters. The molecule has 0 heterocycles. The Labute approximate surface area is 126 Å². The lowest BCUT2D eigenvalue weighted by atomic mass is 9.99. The summed E-state index contributed by atoms with van der Waals surface area (Å²) in [6.07, 6.45) is 6.29. The van der Waals surface area contributed by atoms with Crippen LogP contribution in [0.5, 0.6) is 23.0 Å². The smallest absolute Gasteiger partial charge is 0.207 e. The standard InChI is InChI=1S/C17H24O4/c1-6-7-8-11(2)9-10-13-12(3)14(18)16(20-4)17(21-5)15(13)19/h6,9,18-19H,1,7-8,10H2,2-5H3/b11-9+. The van der Waals surface area contributed by atoms with E-state index in [1.165, 1.54) is 19.8 Å². The van der Waals surface area contributed by atoms with Crippen LogP contribution in [0.4, 0.5) is 0 Å². The molecule has 0 bridgehead atoms. The fraction of sp³-hybridized carbons (Fsp3) is 0.412. The van der Waals surface area contributed by atoms with Crippen molar-refractivity contribution in [3.8, 4) is 23.0 Å². The number of phenolic OH excluding ortho intramolecular Hbond substituents is 2. The molecule has 0 aliphatic carbocycles. The summed E-state index contributed by atoms with van der Waals surface area (Å²) in [4.78, 5) is 0. The summed E-state index contributed by atoms with van der Waals surface area (Å²) in [5, 5.41) is 20.5. The van der Waals surface area contributed by atoms with Crippen LogP contribution < -0.4 is 9.47 Å². The Kier molecular flexibility index (Phi) is 6.15. The van der Waals surface area contributed by atoms with Gasteiger partial charge in [-0.2, -0.15) is 0 Å². The minimum absolute atomic E-state index is 0.000653. The number of ether oxygens (including phenoxy) is 2. The zero-order valence-electron chi connectivity index (χ0n) is 13.2. The van der Waals surface area contributed by atoms with Crippen LogP contribution in [-0.2, 0) is 6.42 Å². The third-order valence-electron chi connectivity index (χ3n) is 3.54. The van der Waals surface area contributed by atoms with E-state index in [9.17, 15) is 10.2 Å². The van der Waals surface area contributed by atoms with Crippen LogP contribution >= 0.6 is 0 Å². The van der Waals surface area contributed by atoms with Crippen molar-refractivity contribution in [2.24, 2.45) is 0 Å². The van der Waals surface area contributed by atoms with E-state index >= 15 is 0 Å². The molecule has 0 spiro atoms. The minimum atomic E-state index is -0.000653. The van der Waals surface area contributed by atoms with Crippen molar-refractivity contribution in [3.63, 3.8) is 0 Å². The van der Waals surface area contributed by atoms with E-state index in [1.807, 2.05) is 19.1 Å². The lowest BCUT2D eigenvalue weighted by Crippen LogP contribution is -1.98. The molecule has 0 aromatic heterocycles. The molecule has 1 aromatic carbocycles. The highest BCUT2D eigenvalue weighted by Gasteiger charge is 2.22. The lowest BCUT2D eigenvalue weighted by Gasteiger charge is -2.17. The quantitative estimate of drug-likeness (QED) is 0.591. The van der Waals surface area contributed by atoms with Gasteiger partial charge in [0.05, 0.1) is 14.2 Å². The molecule has 0 aliphatic rings. The Morgan fingerprint density at radius 3 is 2.24 bits per heavy atom. The fourth-order valence-corrected chi connectivity index (χ4v) is 2.18. The van der Waals surface area contributed by atoms with Gasteiger partial charge in [0.15, 0.2) is 11.5 Å². The molecule has 0 amide bonds. The first-order chi connectivity index (χ1) is 9.97. The Balaban J connectivity index is 3.19. The topological polar surface area (TPSA) is 58.9 Å². The Bertz CT molecular complexity index is 544. The highest BCUT2D eigenvalue weighted by Crippen LogP contribution is 2.48. The van der Waals surface area contributed by atoms with Crippen molar-refractivity contribution in [3.05, 3.63) is 35.4 Å².